The summed E-state index contributed by atoms with van der Waals surface area (Å²) in [7, 11) is -0.758. The lowest BCUT2D eigenvalue weighted by Gasteiger charge is -2.48. The van der Waals surface area contributed by atoms with Gasteiger partial charge in [-0.25, -0.2) is 0 Å². The highest BCUT2D eigenvalue weighted by Gasteiger charge is 2.36. The van der Waals surface area contributed by atoms with E-state index in [0.717, 1.165) is 0 Å². The van der Waals surface area contributed by atoms with Gasteiger partial charge in [-0.2, -0.15) is 15.7 Å². The summed E-state index contributed by atoms with van der Waals surface area (Å²) in [6.45, 7) is 4.98. The first kappa shape index (κ1) is 19.5. The summed E-state index contributed by atoms with van der Waals surface area (Å²) in [5.74, 6) is 1.38. The number of anilines is 2. The molecule has 148 valence electrons. The number of hydrogen-bond donors (Lipinski definition) is 4. The number of nitrogens with one attached hydrogen (secondary N) is 1. The molecule has 5 N–H and O–H groups in total. The zero-order chi connectivity index (χ0) is 19.9. The molecule has 1 aliphatic rings. The second kappa shape index (κ2) is 7.06. The molecule has 0 amide bonds. The first-order valence-electron chi connectivity index (χ1n) is 8.72. The Hall–Kier alpha value is -2.23. The van der Waals surface area contributed by atoms with Gasteiger partial charge in [0.1, 0.15) is 5.75 Å². The number of aryl methyl sites for hydroxylation is 1. The minimum atomic E-state index is -2.54. The van der Waals surface area contributed by atoms with E-state index in [0.29, 0.717) is 41.6 Å². The highest BCUT2D eigenvalue weighted by molar-refractivity contribution is 8.24. The van der Waals surface area contributed by atoms with Crippen LogP contribution in [0.25, 0.3) is 0 Å². The minimum Gasteiger partial charge on any atom is -0.491 e. The Morgan fingerprint density at radius 3 is 2.59 bits per heavy atom. The lowest BCUT2D eigenvalue weighted by Crippen LogP contribution is -2.53. The minimum absolute atomic E-state index is 0.0317. The van der Waals surface area contributed by atoms with Crippen molar-refractivity contribution in [2.24, 2.45) is 7.05 Å². The Kier molecular flexibility index (Phi) is 5.11. The van der Waals surface area contributed by atoms with Crippen molar-refractivity contribution in [3.8, 4) is 5.75 Å². The Morgan fingerprint density at radius 2 is 2.00 bits per heavy atom. The van der Waals surface area contributed by atoms with E-state index in [2.05, 4.69) is 5.10 Å². The summed E-state index contributed by atoms with van der Waals surface area (Å²) in [4.78, 5) is 1.97. The number of ether oxygens (including phenoxy) is 1. The molecule has 3 rings (SSSR count). The number of aromatic nitrogens is 2. The number of nitrogens with zero attached hydrogens (tertiary/aromatic N) is 3. The maximum absolute atomic E-state index is 9.74. The molecule has 0 saturated carbocycles. The van der Waals surface area contributed by atoms with Crippen molar-refractivity contribution >= 4 is 27.8 Å². The molecule has 1 aliphatic heterocycles. The molecule has 2 aromatic rings. The summed E-state index contributed by atoms with van der Waals surface area (Å²) < 4.78 is 26.8. The molecule has 0 aliphatic carbocycles. The smallest absolute Gasteiger partial charge is 0.151 e. The van der Waals surface area contributed by atoms with E-state index >= 15 is 0 Å². The second-order valence-corrected chi connectivity index (χ2v) is 9.68. The van der Waals surface area contributed by atoms with Crippen LogP contribution in [-0.2, 0) is 7.05 Å². The maximum atomic E-state index is 9.74. The fourth-order valence-corrected chi connectivity index (χ4v) is 3.91. The van der Waals surface area contributed by atoms with Crippen molar-refractivity contribution in [2.45, 2.75) is 25.2 Å². The Morgan fingerprint density at radius 1 is 1.33 bits per heavy atom. The monoisotopic (exact) mass is 393 g/mol. The fraction of sp³-hybridized carbons (Fsp3) is 0.444. The number of nitrogens with two attached hydrogens (primary N) is 1. The number of hydrogen-bond acceptors (Lipinski definition) is 7. The van der Waals surface area contributed by atoms with Crippen molar-refractivity contribution in [3.05, 3.63) is 35.5 Å². The van der Waals surface area contributed by atoms with Crippen molar-refractivity contribution in [3.63, 3.8) is 0 Å². The third kappa shape index (κ3) is 4.05. The van der Waals surface area contributed by atoms with Gasteiger partial charge in [-0.3, -0.25) is 19.2 Å². The van der Waals surface area contributed by atoms with Crippen LogP contribution in [0.15, 0.2) is 24.3 Å². The maximum Gasteiger partial charge on any atom is 0.151 e. The molecular weight excluding hydrogens is 366 g/mol. The zero-order valence-electron chi connectivity index (χ0n) is 16.0. The van der Waals surface area contributed by atoms with Crippen LogP contribution in [0.4, 0.5) is 11.5 Å². The number of benzene rings is 1. The normalized spacial score (nSPS) is 15.7. The van der Waals surface area contributed by atoms with E-state index in [-0.39, 0.29) is 17.1 Å². The van der Waals surface area contributed by atoms with Crippen molar-refractivity contribution in [1.29, 1.82) is 5.41 Å². The molecule has 1 aromatic heterocycles. The van der Waals surface area contributed by atoms with Crippen LogP contribution in [-0.4, -0.2) is 55.3 Å². The van der Waals surface area contributed by atoms with Gasteiger partial charge in [0, 0.05) is 43.7 Å². The summed E-state index contributed by atoms with van der Waals surface area (Å²) >= 11 is 0. The van der Waals surface area contributed by atoms with Gasteiger partial charge in [0.05, 0.1) is 22.8 Å². The topological polar surface area (TPSA) is 121 Å². The summed E-state index contributed by atoms with van der Waals surface area (Å²) in [5, 5.41) is 12.9. The van der Waals surface area contributed by atoms with Crippen LogP contribution < -0.4 is 15.4 Å². The number of nitrogen functional groups attached to an aromatic ring is 1. The van der Waals surface area contributed by atoms with Gasteiger partial charge in [0.2, 0.25) is 0 Å². The molecule has 2 heterocycles. The molecule has 0 spiro atoms. The SMILES string of the molecule is CC(C)Oc1ccc(N)c(C(=N)c2cc(N3CC(S(C)(O)O)C3)nn2C)c1. The number of rotatable bonds is 6. The van der Waals surface area contributed by atoms with Gasteiger partial charge in [0.15, 0.2) is 5.82 Å². The molecule has 0 radical (unpaired) electrons. The predicted octanol–water partition coefficient (Wildman–Crippen LogP) is 2.77. The second-order valence-electron chi connectivity index (χ2n) is 7.22. The lowest BCUT2D eigenvalue weighted by molar-refractivity contribution is 0.242. The fourth-order valence-electron chi connectivity index (χ4n) is 2.98. The molecule has 0 bridgehead atoms. The van der Waals surface area contributed by atoms with Gasteiger partial charge in [-0.05, 0) is 32.0 Å². The molecule has 0 unspecified atom stereocenters. The van der Waals surface area contributed by atoms with Crippen molar-refractivity contribution in [1.82, 2.24) is 9.78 Å². The van der Waals surface area contributed by atoms with E-state index in [1.165, 1.54) is 6.26 Å². The largest absolute Gasteiger partial charge is 0.491 e. The van der Waals surface area contributed by atoms with E-state index < -0.39 is 10.6 Å². The first-order chi connectivity index (χ1) is 12.6. The molecule has 8 nitrogen and oxygen atoms in total. The average Bonchev–Trinajstić information content (AvgIpc) is 2.86. The quantitative estimate of drug-likeness (QED) is 0.442. The molecule has 1 aromatic carbocycles. The van der Waals surface area contributed by atoms with Crippen LogP contribution in [0.2, 0.25) is 0 Å². The molecule has 9 heteroatoms. The Labute approximate surface area is 160 Å². The van der Waals surface area contributed by atoms with Gasteiger partial charge in [-0.1, -0.05) is 0 Å². The molecule has 27 heavy (non-hydrogen) atoms. The van der Waals surface area contributed by atoms with Crippen molar-refractivity contribution < 1.29 is 13.8 Å². The van der Waals surface area contributed by atoms with Crippen LogP contribution in [0, 0.1) is 5.41 Å². The third-order valence-electron chi connectivity index (χ3n) is 4.59. The summed E-state index contributed by atoms with van der Waals surface area (Å²) in [6, 6.07) is 7.14. The standard InChI is InChI=1S/C18H27N5O3S/c1-11(2)26-12-5-6-15(19)14(7-12)18(20)16-8-17(21-22(16)3)23-9-13(10-23)27(4,24)25/h5-8,11,13,20,24-25H,9-10,19H2,1-4H3. The third-order valence-corrected chi connectivity index (χ3v) is 6.15. The van der Waals surface area contributed by atoms with Crippen LogP contribution in [0.5, 0.6) is 5.75 Å². The lowest BCUT2D eigenvalue weighted by atomic mass is 10.0. The predicted molar refractivity (Wildman–Crippen MR) is 111 cm³/mol. The van der Waals surface area contributed by atoms with Gasteiger partial charge < -0.3 is 15.4 Å². The van der Waals surface area contributed by atoms with E-state index in [1.54, 1.807) is 29.9 Å². The van der Waals surface area contributed by atoms with Gasteiger partial charge >= 0.3 is 0 Å². The first-order valence-corrected chi connectivity index (χ1v) is 10.7. The molecular formula is C18H27N5O3S. The summed E-state index contributed by atoms with van der Waals surface area (Å²) in [6.07, 6.45) is 1.51. The van der Waals surface area contributed by atoms with E-state index in [9.17, 15) is 9.11 Å². The van der Waals surface area contributed by atoms with E-state index in [4.69, 9.17) is 15.9 Å². The van der Waals surface area contributed by atoms with Crippen LogP contribution in [0.3, 0.4) is 0 Å². The summed E-state index contributed by atoms with van der Waals surface area (Å²) in [5.41, 5.74) is 8.07. The molecule has 1 fully saturated rings. The molecule has 0 atom stereocenters. The average molecular weight is 394 g/mol. The Bertz CT molecular complexity index is 853. The van der Waals surface area contributed by atoms with Crippen LogP contribution in [0.1, 0.15) is 25.1 Å². The van der Waals surface area contributed by atoms with Gasteiger partial charge in [0.25, 0.3) is 0 Å². The van der Waals surface area contributed by atoms with E-state index in [1.807, 2.05) is 24.8 Å². The van der Waals surface area contributed by atoms with Crippen molar-refractivity contribution in [2.75, 3.05) is 30.0 Å². The molecule has 1 saturated heterocycles. The zero-order valence-corrected chi connectivity index (χ0v) is 16.8. The van der Waals surface area contributed by atoms with Gasteiger partial charge in [-0.15, -0.1) is 0 Å². The highest BCUT2D eigenvalue weighted by Crippen LogP contribution is 2.45. The highest BCUT2D eigenvalue weighted by atomic mass is 32.3. The Balaban J connectivity index is 1.82. The van der Waals surface area contributed by atoms with Crippen LogP contribution >= 0.6 is 10.6 Å².